The molecular weight excluding hydrogens is 234 g/mol. The Morgan fingerprint density at radius 1 is 1.54 bits per heavy atom. The maximum atomic E-state index is 11.5. The lowest BCUT2D eigenvalue weighted by Crippen LogP contribution is -2.36. The zero-order valence-corrected chi connectivity index (χ0v) is 9.29. The smallest absolute Gasteiger partial charge is 0.223 e. The average molecular weight is 250 g/mol. The summed E-state index contributed by atoms with van der Waals surface area (Å²) < 4.78 is 0. The summed E-state index contributed by atoms with van der Waals surface area (Å²) in [5, 5.41) is 8.69. The summed E-state index contributed by atoms with van der Waals surface area (Å²) >= 11 is 3.50. The normalized spacial score (nSPS) is 24.6. The van der Waals surface area contributed by atoms with Crippen molar-refractivity contribution in [3.05, 3.63) is 0 Å². The number of alkyl halides is 1. The lowest BCUT2D eigenvalue weighted by atomic mass is 10.2. The van der Waals surface area contributed by atoms with Crippen LogP contribution in [-0.2, 0) is 4.79 Å². The van der Waals surface area contributed by atoms with Crippen LogP contribution in [0.3, 0.4) is 0 Å². The summed E-state index contributed by atoms with van der Waals surface area (Å²) in [5.74, 6) is 0.216. The van der Waals surface area contributed by atoms with E-state index in [0.29, 0.717) is 19.4 Å². The van der Waals surface area contributed by atoms with Crippen LogP contribution in [0.4, 0.5) is 0 Å². The van der Waals surface area contributed by atoms with Gasteiger partial charge in [0.15, 0.2) is 0 Å². The molecule has 0 aromatic heterocycles. The summed E-state index contributed by atoms with van der Waals surface area (Å²) in [4.78, 5) is 13.6. The molecule has 13 heavy (non-hydrogen) atoms. The van der Waals surface area contributed by atoms with E-state index in [-0.39, 0.29) is 17.5 Å². The van der Waals surface area contributed by atoms with Crippen molar-refractivity contribution in [3.8, 4) is 0 Å². The van der Waals surface area contributed by atoms with E-state index in [0.717, 1.165) is 19.3 Å². The number of carbonyl (C=O) groups is 1. The molecule has 76 valence electrons. The highest BCUT2D eigenvalue weighted by atomic mass is 79.9. The van der Waals surface area contributed by atoms with E-state index in [9.17, 15) is 4.79 Å². The molecule has 1 aliphatic heterocycles. The van der Waals surface area contributed by atoms with Gasteiger partial charge >= 0.3 is 0 Å². The molecule has 0 spiro atoms. The molecule has 1 saturated heterocycles. The minimum Gasteiger partial charge on any atom is -0.396 e. The molecule has 3 nitrogen and oxygen atoms in total. The number of aliphatic hydroxyl groups is 1. The predicted octanol–water partition coefficient (Wildman–Crippen LogP) is 1.49. The number of amides is 1. The van der Waals surface area contributed by atoms with Gasteiger partial charge in [0.25, 0.3) is 0 Å². The minimum atomic E-state index is 0.156. The molecule has 0 aromatic rings. The molecule has 1 heterocycles. The van der Waals surface area contributed by atoms with Gasteiger partial charge in [-0.3, -0.25) is 4.79 Å². The van der Waals surface area contributed by atoms with Crippen molar-refractivity contribution in [2.45, 2.75) is 37.1 Å². The van der Waals surface area contributed by atoms with Crippen molar-refractivity contribution < 1.29 is 9.90 Å². The molecule has 1 amide bonds. The Morgan fingerprint density at radius 3 is 3.00 bits per heavy atom. The summed E-state index contributed by atoms with van der Waals surface area (Å²) in [6.45, 7) is 0.828. The van der Waals surface area contributed by atoms with E-state index in [1.54, 1.807) is 0 Å². The fourth-order valence-electron chi connectivity index (χ4n) is 1.55. The number of rotatable bonds is 3. The lowest BCUT2D eigenvalue weighted by Gasteiger charge is -2.25. The molecule has 4 heteroatoms. The molecule has 0 saturated carbocycles. The zero-order valence-electron chi connectivity index (χ0n) is 7.71. The van der Waals surface area contributed by atoms with Crippen molar-refractivity contribution in [1.82, 2.24) is 4.90 Å². The van der Waals surface area contributed by atoms with Crippen LogP contribution in [-0.4, -0.2) is 34.0 Å². The van der Waals surface area contributed by atoms with Crippen molar-refractivity contribution in [1.29, 1.82) is 0 Å². The number of aliphatic hydroxyl groups excluding tert-OH is 1. The Morgan fingerprint density at radius 2 is 2.31 bits per heavy atom. The Labute approximate surface area is 87.2 Å². The highest BCUT2D eigenvalue weighted by molar-refractivity contribution is 9.09. The van der Waals surface area contributed by atoms with Gasteiger partial charge in [0.1, 0.15) is 0 Å². The SMILES string of the molecule is O=C1CCCCC(Br)N1CCCO. The van der Waals surface area contributed by atoms with E-state index in [1.807, 2.05) is 4.90 Å². The average Bonchev–Trinajstić information content (AvgIpc) is 2.26. The Balaban J connectivity index is 2.48. The van der Waals surface area contributed by atoms with E-state index >= 15 is 0 Å². The van der Waals surface area contributed by atoms with E-state index in [4.69, 9.17) is 5.11 Å². The largest absolute Gasteiger partial charge is 0.396 e. The number of halogens is 1. The highest BCUT2D eigenvalue weighted by Gasteiger charge is 2.23. The van der Waals surface area contributed by atoms with Crippen LogP contribution in [0.2, 0.25) is 0 Å². The van der Waals surface area contributed by atoms with Crippen molar-refractivity contribution in [2.75, 3.05) is 13.2 Å². The van der Waals surface area contributed by atoms with E-state index < -0.39 is 0 Å². The van der Waals surface area contributed by atoms with Crippen molar-refractivity contribution in [2.24, 2.45) is 0 Å². The standard InChI is InChI=1S/C9H16BrNO2/c10-8-4-1-2-5-9(13)11(8)6-3-7-12/h8,12H,1-7H2. The van der Waals surface area contributed by atoms with Gasteiger partial charge < -0.3 is 10.0 Å². The number of likely N-dealkylation sites (tertiary alicyclic amines) is 1. The second kappa shape index (κ2) is 5.60. The number of carbonyl (C=O) groups excluding carboxylic acids is 1. The molecular formula is C9H16BrNO2. The van der Waals surface area contributed by atoms with Crippen LogP contribution < -0.4 is 0 Å². The summed E-state index contributed by atoms with van der Waals surface area (Å²) in [6.07, 6.45) is 4.46. The van der Waals surface area contributed by atoms with Gasteiger partial charge in [-0.15, -0.1) is 0 Å². The topological polar surface area (TPSA) is 40.5 Å². The first-order valence-corrected chi connectivity index (χ1v) is 5.71. The molecule has 1 N–H and O–H groups in total. The van der Waals surface area contributed by atoms with Gasteiger partial charge in [0.2, 0.25) is 5.91 Å². The maximum Gasteiger partial charge on any atom is 0.223 e. The molecule has 1 atom stereocenters. The molecule has 0 aliphatic carbocycles. The third-order valence-electron chi connectivity index (χ3n) is 2.30. The van der Waals surface area contributed by atoms with Gasteiger partial charge in [-0.1, -0.05) is 22.4 Å². The van der Waals surface area contributed by atoms with Gasteiger partial charge in [0.05, 0.1) is 4.95 Å². The molecule has 1 unspecified atom stereocenters. The van der Waals surface area contributed by atoms with Gasteiger partial charge in [0, 0.05) is 19.6 Å². The summed E-state index contributed by atoms with van der Waals surface area (Å²) in [5.41, 5.74) is 0. The quantitative estimate of drug-likeness (QED) is 0.609. The molecule has 1 fully saturated rings. The number of hydrogen-bond donors (Lipinski definition) is 1. The molecule has 1 rings (SSSR count). The molecule has 1 aliphatic rings. The lowest BCUT2D eigenvalue weighted by molar-refractivity contribution is -0.131. The van der Waals surface area contributed by atoms with E-state index in [1.165, 1.54) is 0 Å². The third kappa shape index (κ3) is 3.27. The zero-order chi connectivity index (χ0) is 9.68. The van der Waals surface area contributed by atoms with Crippen LogP contribution in [0.5, 0.6) is 0 Å². The first kappa shape index (κ1) is 11.0. The third-order valence-corrected chi connectivity index (χ3v) is 3.25. The first-order valence-electron chi connectivity index (χ1n) is 4.80. The van der Waals surface area contributed by atoms with E-state index in [2.05, 4.69) is 15.9 Å². The first-order chi connectivity index (χ1) is 6.25. The fraction of sp³-hybridized carbons (Fsp3) is 0.889. The Bertz CT molecular complexity index is 175. The van der Waals surface area contributed by atoms with Crippen LogP contribution in [0.1, 0.15) is 32.1 Å². The van der Waals surface area contributed by atoms with Gasteiger partial charge in [-0.2, -0.15) is 0 Å². The fourth-order valence-corrected chi connectivity index (χ4v) is 2.31. The molecule has 0 bridgehead atoms. The van der Waals surface area contributed by atoms with Crippen molar-refractivity contribution in [3.63, 3.8) is 0 Å². The Kier molecular flexibility index (Phi) is 4.73. The number of nitrogens with zero attached hydrogens (tertiary/aromatic N) is 1. The highest BCUT2D eigenvalue weighted by Crippen LogP contribution is 2.21. The molecule has 0 radical (unpaired) electrons. The van der Waals surface area contributed by atoms with Crippen LogP contribution in [0.25, 0.3) is 0 Å². The summed E-state index contributed by atoms with van der Waals surface area (Å²) in [6, 6.07) is 0. The summed E-state index contributed by atoms with van der Waals surface area (Å²) in [7, 11) is 0. The van der Waals surface area contributed by atoms with Crippen LogP contribution >= 0.6 is 15.9 Å². The maximum absolute atomic E-state index is 11.5. The Hall–Kier alpha value is -0.0900. The molecule has 0 aromatic carbocycles. The second-order valence-corrected chi connectivity index (χ2v) is 4.40. The number of hydrogen-bond acceptors (Lipinski definition) is 2. The second-order valence-electron chi connectivity index (χ2n) is 3.34. The predicted molar refractivity (Wildman–Crippen MR) is 54.6 cm³/mol. The monoisotopic (exact) mass is 249 g/mol. The minimum absolute atomic E-state index is 0.156. The van der Waals surface area contributed by atoms with Crippen LogP contribution in [0.15, 0.2) is 0 Å². The van der Waals surface area contributed by atoms with Gasteiger partial charge in [-0.25, -0.2) is 0 Å². The van der Waals surface area contributed by atoms with Crippen LogP contribution in [0, 0.1) is 0 Å². The van der Waals surface area contributed by atoms with Gasteiger partial charge in [-0.05, 0) is 19.3 Å². The van der Waals surface area contributed by atoms with Crippen molar-refractivity contribution >= 4 is 21.8 Å².